The molecule has 0 unspecified atom stereocenters. The van der Waals surface area contributed by atoms with E-state index in [1.165, 1.54) is 12.1 Å². The standard InChI is InChI=1S/C18H24F3N3O2/c1-4-14(22)16(26)23-9-10-24(17(2,3)11-23)15(25)12-5-7-13(8-6-12)18(19,20)21/h5-8,14H,4,9-11,22H2,1-3H3/t14-/m0/s1. The van der Waals surface area contributed by atoms with Crippen LogP contribution in [0.4, 0.5) is 13.2 Å². The first kappa shape index (κ1) is 20.2. The average Bonchev–Trinajstić information content (AvgIpc) is 2.58. The third kappa shape index (κ3) is 4.17. The molecule has 26 heavy (non-hydrogen) atoms. The van der Waals surface area contributed by atoms with Crippen molar-refractivity contribution >= 4 is 11.8 Å². The first-order chi connectivity index (χ1) is 12.0. The van der Waals surface area contributed by atoms with Crippen molar-refractivity contribution in [3.63, 3.8) is 0 Å². The summed E-state index contributed by atoms with van der Waals surface area (Å²) in [7, 11) is 0. The molecule has 0 bridgehead atoms. The Morgan fingerprint density at radius 1 is 1.19 bits per heavy atom. The topological polar surface area (TPSA) is 66.6 Å². The molecule has 1 aromatic rings. The molecule has 1 atom stereocenters. The SMILES string of the molecule is CC[C@H](N)C(=O)N1CCN(C(=O)c2ccc(C(F)(F)F)cc2)C(C)(C)C1. The smallest absolute Gasteiger partial charge is 0.337 e. The van der Waals surface area contributed by atoms with Gasteiger partial charge in [-0.05, 0) is 44.5 Å². The van der Waals surface area contributed by atoms with E-state index in [9.17, 15) is 22.8 Å². The maximum Gasteiger partial charge on any atom is 0.416 e. The van der Waals surface area contributed by atoms with Crippen molar-refractivity contribution in [3.05, 3.63) is 35.4 Å². The van der Waals surface area contributed by atoms with Gasteiger partial charge in [-0.15, -0.1) is 0 Å². The lowest BCUT2D eigenvalue weighted by Crippen LogP contribution is -2.63. The summed E-state index contributed by atoms with van der Waals surface area (Å²) in [6, 6.07) is 3.61. The van der Waals surface area contributed by atoms with Crippen molar-refractivity contribution < 1.29 is 22.8 Å². The minimum Gasteiger partial charge on any atom is -0.337 e. The van der Waals surface area contributed by atoms with Crippen LogP contribution in [0.15, 0.2) is 24.3 Å². The monoisotopic (exact) mass is 371 g/mol. The Kier molecular flexibility index (Phi) is 5.65. The lowest BCUT2D eigenvalue weighted by Gasteiger charge is -2.47. The number of amides is 2. The van der Waals surface area contributed by atoms with Gasteiger partial charge in [0.25, 0.3) is 5.91 Å². The van der Waals surface area contributed by atoms with Gasteiger partial charge in [-0.1, -0.05) is 6.92 Å². The van der Waals surface area contributed by atoms with Crippen molar-refractivity contribution in [2.45, 2.75) is 44.9 Å². The van der Waals surface area contributed by atoms with Gasteiger partial charge in [0, 0.05) is 25.2 Å². The quantitative estimate of drug-likeness (QED) is 0.888. The molecule has 0 spiro atoms. The predicted molar refractivity (Wildman–Crippen MR) is 91.4 cm³/mol. The lowest BCUT2D eigenvalue weighted by atomic mass is 9.96. The highest BCUT2D eigenvalue weighted by Gasteiger charge is 2.39. The number of nitrogens with two attached hydrogens (primary N) is 1. The van der Waals surface area contributed by atoms with E-state index in [0.29, 0.717) is 26.1 Å². The molecule has 1 aromatic carbocycles. The molecule has 2 N–H and O–H groups in total. The summed E-state index contributed by atoms with van der Waals surface area (Å²) in [5.74, 6) is -0.502. The fourth-order valence-corrected chi connectivity index (χ4v) is 3.09. The number of alkyl halides is 3. The Labute approximate surface area is 150 Å². The van der Waals surface area contributed by atoms with E-state index in [0.717, 1.165) is 12.1 Å². The van der Waals surface area contributed by atoms with Crippen LogP contribution < -0.4 is 5.73 Å². The van der Waals surface area contributed by atoms with Crippen molar-refractivity contribution in [1.82, 2.24) is 9.80 Å². The Bertz CT molecular complexity index is 671. The van der Waals surface area contributed by atoms with Gasteiger partial charge >= 0.3 is 6.18 Å². The molecule has 1 saturated heterocycles. The zero-order valence-electron chi connectivity index (χ0n) is 15.1. The van der Waals surface area contributed by atoms with Crippen molar-refractivity contribution in [1.29, 1.82) is 0 Å². The van der Waals surface area contributed by atoms with Gasteiger partial charge in [-0.3, -0.25) is 9.59 Å². The molecular weight excluding hydrogens is 347 g/mol. The zero-order valence-corrected chi connectivity index (χ0v) is 15.1. The van der Waals surface area contributed by atoms with E-state index in [1.807, 2.05) is 20.8 Å². The van der Waals surface area contributed by atoms with E-state index in [-0.39, 0.29) is 17.4 Å². The second-order valence-corrected chi connectivity index (χ2v) is 7.12. The average molecular weight is 371 g/mol. The number of benzene rings is 1. The number of rotatable bonds is 3. The minimum absolute atomic E-state index is 0.151. The van der Waals surface area contributed by atoms with Gasteiger partial charge in [-0.2, -0.15) is 13.2 Å². The van der Waals surface area contributed by atoms with E-state index in [4.69, 9.17) is 5.73 Å². The molecule has 2 rings (SSSR count). The van der Waals surface area contributed by atoms with Crippen LogP contribution in [-0.4, -0.2) is 52.8 Å². The Morgan fingerprint density at radius 3 is 2.23 bits per heavy atom. The van der Waals surface area contributed by atoms with Gasteiger partial charge in [-0.25, -0.2) is 0 Å². The largest absolute Gasteiger partial charge is 0.416 e. The van der Waals surface area contributed by atoms with Crippen LogP contribution >= 0.6 is 0 Å². The summed E-state index contributed by atoms with van der Waals surface area (Å²) in [6.45, 7) is 6.46. The first-order valence-corrected chi connectivity index (χ1v) is 8.51. The molecule has 1 aliphatic heterocycles. The van der Waals surface area contributed by atoms with Crippen LogP contribution in [0.2, 0.25) is 0 Å². The second kappa shape index (κ2) is 7.26. The maximum absolute atomic E-state index is 12.8. The van der Waals surface area contributed by atoms with Gasteiger partial charge in [0.2, 0.25) is 5.91 Å². The molecule has 0 radical (unpaired) electrons. The van der Waals surface area contributed by atoms with E-state index in [2.05, 4.69) is 0 Å². The number of carbonyl (C=O) groups is 2. The predicted octanol–water partition coefficient (Wildman–Crippen LogP) is 2.51. The fraction of sp³-hybridized carbons (Fsp3) is 0.556. The van der Waals surface area contributed by atoms with E-state index in [1.54, 1.807) is 9.80 Å². The summed E-state index contributed by atoms with van der Waals surface area (Å²) in [5.41, 5.74) is 4.55. The molecule has 1 aliphatic rings. The Hall–Kier alpha value is -2.09. The minimum atomic E-state index is -4.44. The maximum atomic E-state index is 12.8. The molecule has 1 fully saturated rings. The van der Waals surface area contributed by atoms with Gasteiger partial charge in [0.05, 0.1) is 17.1 Å². The van der Waals surface area contributed by atoms with Gasteiger partial charge in [0.1, 0.15) is 0 Å². The van der Waals surface area contributed by atoms with Gasteiger partial charge in [0.15, 0.2) is 0 Å². The van der Waals surface area contributed by atoms with E-state index < -0.39 is 23.3 Å². The molecule has 0 saturated carbocycles. The summed E-state index contributed by atoms with van der Waals surface area (Å²) in [6.07, 6.45) is -3.91. The second-order valence-electron chi connectivity index (χ2n) is 7.12. The molecule has 2 amide bonds. The van der Waals surface area contributed by atoms with E-state index >= 15 is 0 Å². The normalized spacial score (nSPS) is 18.6. The number of hydrogen-bond donors (Lipinski definition) is 1. The van der Waals surface area contributed by atoms with Crippen LogP contribution in [0.1, 0.15) is 43.1 Å². The lowest BCUT2D eigenvalue weighted by molar-refractivity contribution is -0.137. The van der Waals surface area contributed by atoms with Crippen LogP contribution in [0, 0.1) is 0 Å². The summed E-state index contributed by atoms with van der Waals surface area (Å²) in [5, 5.41) is 0. The molecule has 0 aromatic heterocycles. The molecule has 144 valence electrons. The number of halogens is 3. The van der Waals surface area contributed by atoms with Crippen LogP contribution in [0.3, 0.4) is 0 Å². The molecule has 8 heteroatoms. The third-order valence-corrected chi connectivity index (χ3v) is 4.68. The summed E-state index contributed by atoms with van der Waals surface area (Å²) < 4.78 is 38.0. The summed E-state index contributed by atoms with van der Waals surface area (Å²) >= 11 is 0. The van der Waals surface area contributed by atoms with Crippen molar-refractivity contribution in [2.24, 2.45) is 5.73 Å². The zero-order chi connectivity index (χ0) is 19.7. The third-order valence-electron chi connectivity index (χ3n) is 4.68. The molecular formula is C18H24F3N3O2. The Balaban J connectivity index is 2.14. The highest BCUT2D eigenvalue weighted by molar-refractivity contribution is 5.95. The van der Waals surface area contributed by atoms with Crippen molar-refractivity contribution in [3.8, 4) is 0 Å². The summed E-state index contributed by atoms with van der Waals surface area (Å²) in [4.78, 5) is 28.3. The Morgan fingerprint density at radius 2 is 1.77 bits per heavy atom. The molecule has 0 aliphatic carbocycles. The van der Waals surface area contributed by atoms with Crippen LogP contribution in [-0.2, 0) is 11.0 Å². The molecule has 5 nitrogen and oxygen atoms in total. The van der Waals surface area contributed by atoms with Crippen molar-refractivity contribution in [2.75, 3.05) is 19.6 Å². The highest BCUT2D eigenvalue weighted by Crippen LogP contribution is 2.30. The van der Waals surface area contributed by atoms with Crippen LogP contribution in [0.5, 0.6) is 0 Å². The fourth-order valence-electron chi connectivity index (χ4n) is 3.09. The number of hydrogen-bond acceptors (Lipinski definition) is 3. The number of carbonyl (C=O) groups excluding carboxylic acids is 2. The first-order valence-electron chi connectivity index (χ1n) is 8.51. The molecule has 1 heterocycles. The number of nitrogens with zero attached hydrogens (tertiary/aromatic N) is 2. The highest BCUT2D eigenvalue weighted by atomic mass is 19.4. The number of piperazine rings is 1. The van der Waals surface area contributed by atoms with Gasteiger partial charge < -0.3 is 15.5 Å². The van der Waals surface area contributed by atoms with Crippen LogP contribution in [0.25, 0.3) is 0 Å².